The first-order valence-electron chi connectivity index (χ1n) is 11.1. The predicted octanol–water partition coefficient (Wildman–Crippen LogP) is 4.41. The Kier molecular flexibility index (Phi) is 5.84. The molecule has 0 aromatic heterocycles. The van der Waals surface area contributed by atoms with Crippen molar-refractivity contribution in [1.29, 1.82) is 0 Å². The Morgan fingerprint density at radius 1 is 1.25 bits per heavy atom. The van der Waals surface area contributed by atoms with E-state index in [2.05, 4.69) is 41.2 Å². The number of aliphatic hydroxyl groups is 1. The molecule has 2 bridgehead atoms. The van der Waals surface area contributed by atoms with E-state index in [0.29, 0.717) is 36.4 Å². The van der Waals surface area contributed by atoms with Crippen molar-refractivity contribution in [2.75, 3.05) is 6.61 Å². The lowest BCUT2D eigenvalue weighted by Crippen LogP contribution is -2.43. The van der Waals surface area contributed by atoms with Crippen molar-refractivity contribution >= 4 is 11.8 Å². The van der Waals surface area contributed by atoms with E-state index in [0.717, 1.165) is 19.3 Å². The van der Waals surface area contributed by atoms with E-state index in [1.807, 2.05) is 6.08 Å². The first-order valence-corrected chi connectivity index (χ1v) is 11.1. The number of ketones is 1. The fraction of sp³-hybridized carbons (Fsp3) is 0.833. The van der Waals surface area contributed by atoms with Crippen LogP contribution in [0.25, 0.3) is 0 Å². The summed E-state index contributed by atoms with van der Waals surface area (Å²) in [5, 5.41) is 9.33. The fourth-order valence-corrected chi connectivity index (χ4v) is 7.38. The van der Waals surface area contributed by atoms with Crippen LogP contribution >= 0.6 is 0 Å². The molecule has 0 heterocycles. The van der Waals surface area contributed by atoms with E-state index in [9.17, 15) is 14.7 Å². The maximum atomic E-state index is 13.1. The molecule has 0 radical (unpaired) electrons. The van der Waals surface area contributed by atoms with Gasteiger partial charge in [-0.25, -0.2) is 4.79 Å². The van der Waals surface area contributed by atoms with E-state index in [1.54, 1.807) is 0 Å². The minimum absolute atomic E-state index is 0.0407. The number of esters is 1. The van der Waals surface area contributed by atoms with Gasteiger partial charge < -0.3 is 9.84 Å². The van der Waals surface area contributed by atoms with Gasteiger partial charge in [0, 0.05) is 18.3 Å². The van der Waals surface area contributed by atoms with Crippen molar-refractivity contribution in [1.82, 2.24) is 0 Å². The second kappa shape index (κ2) is 7.59. The number of hydrogen-bond donors (Lipinski definition) is 1. The first kappa shape index (κ1) is 21.5. The quantitative estimate of drug-likeness (QED) is 0.573. The largest absolute Gasteiger partial charge is 0.460 e. The van der Waals surface area contributed by atoms with E-state index >= 15 is 0 Å². The van der Waals surface area contributed by atoms with E-state index in [4.69, 9.17) is 4.74 Å². The lowest BCUT2D eigenvalue weighted by Gasteiger charge is -2.48. The Hall–Kier alpha value is -1.16. The molecule has 3 rings (SSSR count). The molecule has 9 atom stereocenters. The Morgan fingerprint density at radius 3 is 2.54 bits per heavy atom. The van der Waals surface area contributed by atoms with Crippen LogP contribution in [-0.2, 0) is 14.3 Å². The molecule has 4 heteroatoms. The SMILES string of the molecule is C=C[C@]1(C)CC(OC(=O)CO)C2C(C)CCC3(CCC(=O)C3C2C)C(C)C1C. The van der Waals surface area contributed by atoms with Crippen molar-refractivity contribution in [3.8, 4) is 0 Å². The number of allylic oxidation sites excluding steroid dienone is 1. The normalized spacial score (nSPS) is 48.8. The summed E-state index contributed by atoms with van der Waals surface area (Å²) in [7, 11) is 0. The Labute approximate surface area is 170 Å². The van der Waals surface area contributed by atoms with Crippen LogP contribution in [0.1, 0.15) is 66.7 Å². The summed E-state index contributed by atoms with van der Waals surface area (Å²) in [6.45, 7) is 14.9. The van der Waals surface area contributed by atoms with Gasteiger partial charge in [0.2, 0.25) is 0 Å². The van der Waals surface area contributed by atoms with Gasteiger partial charge in [-0.1, -0.05) is 40.7 Å². The number of carbonyl (C=O) groups excluding carboxylic acids is 2. The van der Waals surface area contributed by atoms with Crippen LogP contribution in [-0.4, -0.2) is 29.6 Å². The molecule has 28 heavy (non-hydrogen) atoms. The minimum Gasteiger partial charge on any atom is -0.460 e. The van der Waals surface area contributed by atoms with Crippen molar-refractivity contribution in [2.45, 2.75) is 72.8 Å². The monoisotopic (exact) mass is 390 g/mol. The average molecular weight is 391 g/mol. The zero-order valence-corrected chi connectivity index (χ0v) is 18.2. The highest BCUT2D eigenvalue weighted by Crippen LogP contribution is 2.63. The lowest BCUT2D eigenvalue weighted by molar-refractivity contribution is -0.160. The number of fused-ring (bicyclic) bond motifs is 1. The molecule has 3 aliphatic rings. The molecule has 3 saturated carbocycles. The summed E-state index contributed by atoms with van der Waals surface area (Å²) in [6.07, 6.45) is 6.24. The van der Waals surface area contributed by atoms with Gasteiger partial charge in [-0.15, -0.1) is 6.58 Å². The van der Waals surface area contributed by atoms with Crippen molar-refractivity contribution in [3.63, 3.8) is 0 Å². The minimum atomic E-state index is -0.602. The second-order valence-electron chi connectivity index (χ2n) is 10.3. The first-order chi connectivity index (χ1) is 13.1. The number of carbonyl (C=O) groups is 2. The van der Waals surface area contributed by atoms with Gasteiger partial charge in [-0.2, -0.15) is 0 Å². The molecule has 8 unspecified atom stereocenters. The summed E-state index contributed by atoms with van der Waals surface area (Å²) in [5.74, 6) is 1.27. The van der Waals surface area contributed by atoms with Gasteiger partial charge in [0.25, 0.3) is 0 Å². The molecular weight excluding hydrogens is 352 g/mol. The molecule has 0 saturated heterocycles. The molecule has 0 amide bonds. The molecule has 3 aliphatic carbocycles. The summed E-state index contributed by atoms with van der Waals surface area (Å²) in [6, 6.07) is 0. The van der Waals surface area contributed by atoms with Gasteiger partial charge in [-0.05, 0) is 60.2 Å². The zero-order chi connectivity index (χ0) is 20.9. The molecule has 0 aliphatic heterocycles. The predicted molar refractivity (Wildman–Crippen MR) is 109 cm³/mol. The molecule has 0 aromatic carbocycles. The van der Waals surface area contributed by atoms with E-state index < -0.39 is 12.6 Å². The summed E-state index contributed by atoms with van der Waals surface area (Å²) in [5.41, 5.74) is -0.151. The summed E-state index contributed by atoms with van der Waals surface area (Å²) in [4.78, 5) is 25.2. The highest BCUT2D eigenvalue weighted by atomic mass is 16.6. The van der Waals surface area contributed by atoms with Gasteiger partial charge in [0.15, 0.2) is 0 Å². The smallest absolute Gasteiger partial charge is 0.332 e. The van der Waals surface area contributed by atoms with Crippen molar-refractivity contribution in [2.24, 2.45) is 46.3 Å². The second-order valence-corrected chi connectivity index (χ2v) is 10.3. The van der Waals surface area contributed by atoms with Crippen molar-refractivity contribution in [3.05, 3.63) is 12.7 Å². The molecule has 3 fully saturated rings. The lowest BCUT2D eigenvalue weighted by atomic mass is 9.56. The van der Waals surface area contributed by atoms with Gasteiger partial charge in [0.05, 0.1) is 0 Å². The average Bonchev–Trinajstić information content (AvgIpc) is 2.96. The standard InChI is InChI=1S/C24H38O4/c1-7-23(6)12-19(28-20(27)13-25)21-14(2)8-10-24(17(5)16(23)4)11-9-18(26)22(24)15(21)3/h7,14-17,19,21-22,25H,1,8-13H2,2-6H3/t14?,15?,16?,17?,19?,21?,22?,23-,24?/m1/s1. The zero-order valence-electron chi connectivity index (χ0n) is 18.2. The Balaban J connectivity index is 2.18. The topological polar surface area (TPSA) is 63.6 Å². The van der Waals surface area contributed by atoms with E-state index in [1.165, 1.54) is 0 Å². The van der Waals surface area contributed by atoms with Crippen LogP contribution in [0.2, 0.25) is 0 Å². The summed E-state index contributed by atoms with van der Waals surface area (Å²) >= 11 is 0. The third-order valence-electron chi connectivity index (χ3n) is 9.30. The van der Waals surface area contributed by atoms with Crippen LogP contribution in [0.3, 0.4) is 0 Å². The van der Waals surface area contributed by atoms with Crippen LogP contribution < -0.4 is 0 Å². The molecule has 1 N–H and O–H groups in total. The number of Topliss-reactive ketones (excluding diaryl/α,β-unsaturated/α-hetero) is 1. The Morgan fingerprint density at radius 2 is 1.93 bits per heavy atom. The molecule has 0 spiro atoms. The van der Waals surface area contributed by atoms with Gasteiger partial charge in [0.1, 0.15) is 18.5 Å². The highest BCUT2D eigenvalue weighted by molar-refractivity contribution is 5.84. The van der Waals surface area contributed by atoms with Gasteiger partial charge >= 0.3 is 5.97 Å². The fourth-order valence-electron chi connectivity index (χ4n) is 7.38. The highest BCUT2D eigenvalue weighted by Gasteiger charge is 2.60. The van der Waals surface area contributed by atoms with E-state index in [-0.39, 0.29) is 34.7 Å². The van der Waals surface area contributed by atoms with Gasteiger partial charge in [-0.3, -0.25) is 4.79 Å². The summed E-state index contributed by atoms with van der Waals surface area (Å²) < 4.78 is 5.87. The number of aliphatic hydroxyl groups excluding tert-OH is 1. The third-order valence-corrected chi connectivity index (χ3v) is 9.30. The number of hydrogen-bond acceptors (Lipinski definition) is 4. The third kappa shape index (κ3) is 3.16. The maximum absolute atomic E-state index is 13.1. The van der Waals surface area contributed by atoms with Crippen LogP contribution in [0, 0.1) is 46.3 Å². The molecule has 4 nitrogen and oxygen atoms in total. The van der Waals surface area contributed by atoms with Crippen LogP contribution in [0.4, 0.5) is 0 Å². The number of ether oxygens (including phenoxy) is 1. The van der Waals surface area contributed by atoms with Crippen LogP contribution in [0.15, 0.2) is 12.7 Å². The molecule has 158 valence electrons. The maximum Gasteiger partial charge on any atom is 0.332 e. The Bertz CT molecular complexity index is 643. The number of rotatable bonds is 3. The van der Waals surface area contributed by atoms with Crippen LogP contribution in [0.5, 0.6) is 0 Å². The van der Waals surface area contributed by atoms with Crippen molar-refractivity contribution < 1.29 is 19.4 Å². The molecular formula is C24H38O4. The molecule has 0 aromatic rings.